The van der Waals surface area contributed by atoms with Crippen molar-refractivity contribution in [2.45, 2.75) is 29.4 Å². The van der Waals surface area contributed by atoms with Crippen molar-refractivity contribution in [2.75, 3.05) is 19.6 Å². The van der Waals surface area contributed by atoms with E-state index in [1.807, 2.05) is 18.2 Å². The number of benzene rings is 2. The first-order valence-electron chi connectivity index (χ1n) is 8.23. The fourth-order valence-electron chi connectivity index (χ4n) is 2.99. The van der Waals surface area contributed by atoms with Gasteiger partial charge in [0.15, 0.2) is 0 Å². The topological polar surface area (TPSA) is 23.5 Å². The van der Waals surface area contributed by atoms with Gasteiger partial charge in [-0.1, -0.05) is 18.2 Å². The maximum atomic E-state index is 13.7. The van der Waals surface area contributed by atoms with Gasteiger partial charge in [0.25, 0.3) is 0 Å². The van der Waals surface area contributed by atoms with Gasteiger partial charge in [0.2, 0.25) is 0 Å². The highest BCUT2D eigenvalue weighted by Gasteiger charge is 2.21. The summed E-state index contributed by atoms with van der Waals surface area (Å²) in [4.78, 5) is 3.26. The van der Waals surface area contributed by atoms with E-state index < -0.39 is 11.6 Å². The highest BCUT2D eigenvalue weighted by Crippen LogP contribution is 2.35. The van der Waals surface area contributed by atoms with Gasteiger partial charge in [-0.15, -0.1) is 11.8 Å². The monoisotopic (exact) mass is 349 g/mol. The Morgan fingerprint density at radius 1 is 1.08 bits per heavy atom. The Hall–Kier alpha value is -1.59. The molecule has 0 atom stereocenters. The van der Waals surface area contributed by atoms with Gasteiger partial charge in [-0.25, -0.2) is 8.78 Å². The molecule has 5 heteroatoms. The molecular formula is C19H21F2NOS. The molecule has 128 valence electrons. The molecule has 1 aliphatic rings. The largest absolute Gasteiger partial charge is 0.507 e. The molecule has 2 nitrogen and oxygen atoms in total. The van der Waals surface area contributed by atoms with E-state index in [9.17, 15) is 13.9 Å². The second-order valence-corrected chi connectivity index (χ2v) is 7.45. The number of aromatic hydroxyl groups is 1. The summed E-state index contributed by atoms with van der Waals surface area (Å²) in [5, 5.41) is 10.4. The number of rotatable bonds is 5. The van der Waals surface area contributed by atoms with Crippen LogP contribution in [-0.4, -0.2) is 34.9 Å². The number of thioether (sulfide) groups is 1. The van der Waals surface area contributed by atoms with Gasteiger partial charge in [-0.2, -0.15) is 0 Å². The Kier molecular flexibility index (Phi) is 5.74. The standard InChI is InChI=1S/C19H21F2NOS/c20-15-6-5-14(17(21)13-15)7-10-22-11-8-16(9-12-22)24-19-4-2-1-3-18(19)23/h1-6,13,16,23H,7-12H2. The van der Waals surface area contributed by atoms with Crippen LogP contribution in [0.25, 0.3) is 0 Å². The molecule has 0 aliphatic carbocycles. The molecule has 24 heavy (non-hydrogen) atoms. The molecule has 0 aromatic heterocycles. The van der Waals surface area contributed by atoms with E-state index in [0.29, 0.717) is 23.0 Å². The number of piperidine rings is 1. The summed E-state index contributed by atoms with van der Waals surface area (Å²) in [6.45, 7) is 2.72. The number of para-hydroxylation sites is 1. The van der Waals surface area contributed by atoms with Crippen LogP contribution in [0, 0.1) is 11.6 Å². The Labute approximate surface area is 145 Å². The Bertz CT molecular complexity index is 687. The third-order valence-electron chi connectivity index (χ3n) is 4.41. The summed E-state index contributed by atoms with van der Waals surface area (Å²) in [6, 6.07) is 11.2. The Balaban J connectivity index is 1.46. The average Bonchev–Trinajstić information content (AvgIpc) is 2.57. The van der Waals surface area contributed by atoms with Gasteiger partial charge in [-0.3, -0.25) is 0 Å². The summed E-state index contributed by atoms with van der Waals surface area (Å²) >= 11 is 1.73. The number of nitrogens with zero attached hydrogens (tertiary/aromatic N) is 1. The number of likely N-dealkylation sites (tertiary alicyclic amines) is 1. The van der Waals surface area contributed by atoms with Crippen molar-refractivity contribution in [1.82, 2.24) is 4.90 Å². The van der Waals surface area contributed by atoms with Crippen LogP contribution in [0.5, 0.6) is 5.75 Å². The zero-order valence-electron chi connectivity index (χ0n) is 13.4. The van der Waals surface area contributed by atoms with Gasteiger partial charge < -0.3 is 10.0 Å². The van der Waals surface area contributed by atoms with Crippen LogP contribution in [0.1, 0.15) is 18.4 Å². The zero-order chi connectivity index (χ0) is 16.9. The molecule has 3 rings (SSSR count). The van der Waals surface area contributed by atoms with Crippen LogP contribution in [0.15, 0.2) is 47.4 Å². The van der Waals surface area contributed by atoms with Crippen molar-refractivity contribution in [1.29, 1.82) is 0 Å². The van der Waals surface area contributed by atoms with Gasteiger partial charge in [0.1, 0.15) is 17.4 Å². The molecule has 1 saturated heterocycles. The van der Waals surface area contributed by atoms with Gasteiger partial charge in [0, 0.05) is 22.8 Å². The first kappa shape index (κ1) is 17.2. The van der Waals surface area contributed by atoms with Gasteiger partial charge in [-0.05, 0) is 56.1 Å². The van der Waals surface area contributed by atoms with E-state index in [0.717, 1.165) is 43.4 Å². The second-order valence-electron chi connectivity index (χ2n) is 6.11. The van der Waals surface area contributed by atoms with Crippen molar-refractivity contribution in [3.8, 4) is 5.75 Å². The maximum Gasteiger partial charge on any atom is 0.129 e. The summed E-state index contributed by atoms with van der Waals surface area (Å²) in [6.07, 6.45) is 2.69. The smallest absolute Gasteiger partial charge is 0.129 e. The SMILES string of the molecule is Oc1ccccc1SC1CCN(CCc2ccc(F)cc2F)CC1. The maximum absolute atomic E-state index is 13.7. The molecule has 0 spiro atoms. The van der Waals surface area contributed by atoms with Gasteiger partial charge >= 0.3 is 0 Å². The van der Waals surface area contributed by atoms with E-state index in [4.69, 9.17) is 0 Å². The predicted molar refractivity (Wildman–Crippen MR) is 93.5 cm³/mol. The molecule has 2 aromatic rings. The Morgan fingerprint density at radius 2 is 1.83 bits per heavy atom. The fraction of sp³-hybridized carbons (Fsp3) is 0.368. The van der Waals surface area contributed by atoms with Crippen molar-refractivity contribution < 1.29 is 13.9 Å². The number of phenolic OH excluding ortho intramolecular Hbond substituents is 1. The van der Waals surface area contributed by atoms with E-state index in [1.54, 1.807) is 17.8 Å². The molecule has 1 fully saturated rings. The lowest BCUT2D eigenvalue weighted by atomic mass is 10.1. The van der Waals surface area contributed by atoms with E-state index >= 15 is 0 Å². The molecule has 0 unspecified atom stereocenters. The Morgan fingerprint density at radius 3 is 2.54 bits per heavy atom. The first-order valence-corrected chi connectivity index (χ1v) is 9.11. The molecule has 1 N–H and O–H groups in total. The van der Waals surface area contributed by atoms with Crippen molar-refractivity contribution in [2.24, 2.45) is 0 Å². The third kappa shape index (κ3) is 4.48. The fourth-order valence-corrected chi connectivity index (χ4v) is 4.14. The zero-order valence-corrected chi connectivity index (χ0v) is 14.2. The van der Waals surface area contributed by atoms with Crippen LogP contribution in [-0.2, 0) is 6.42 Å². The van der Waals surface area contributed by atoms with Crippen LogP contribution >= 0.6 is 11.8 Å². The summed E-state index contributed by atoms with van der Waals surface area (Å²) in [7, 11) is 0. The summed E-state index contributed by atoms with van der Waals surface area (Å²) in [5.74, 6) is -0.644. The minimum Gasteiger partial charge on any atom is -0.507 e. The average molecular weight is 349 g/mol. The molecule has 1 aliphatic heterocycles. The van der Waals surface area contributed by atoms with E-state index in [2.05, 4.69) is 4.90 Å². The van der Waals surface area contributed by atoms with Crippen LogP contribution in [0.3, 0.4) is 0 Å². The van der Waals surface area contributed by atoms with Crippen LogP contribution in [0.4, 0.5) is 8.78 Å². The predicted octanol–water partition coefficient (Wildman–Crippen LogP) is 4.47. The molecular weight excluding hydrogens is 328 g/mol. The number of phenols is 1. The third-order valence-corrected chi connectivity index (χ3v) is 5.81. The minimum atomic E-state index is -0.529. The lowest BCUT2D eigenvalue weighted by molar-refractivity contribution is 0.234. The second kappa shape index (κ2) is 7.99. The summed E-state index contributed by atoms with van der Waals surface area (Å²) < 4.78 is 26.6. The van der Waals surface area contributed by atoms with Crippen molar-refractivity contribution >= 4 is 11.8 Å². The molecule has 1 heterocycles. The lowest BCUT2D eigenvalue weighted by Crippen LogP contribution is -2.36. The number of hydrogen-bond donors (Lipinski definition) is 1. The normalized spacial score (nSPS) is 16.4. The first-order chi connectivity index (χ1) is 11.6. The van der Waals surface area contributed by atoms with Crippen LogP contribution in [0.2, 0.25) is 0 Å². The lowest BCUT2D eigenvalue weighted by Gasteiger charge is -2.31. The van der Waals surface area contributed by atoms with Crippen molar-refractivity contribution in [3.63, 3.8) is 0 Å². The molecule has 0 saturated carbocycles. The highest BCUT2D eigenvalue weighted by molar-refractivity contribution is 8.00. The number of hydrogen-bond acceptors (Lipinski definition) is 3. The highest BCUT2D eigenvalue weighted by atomic mass is 32.2. The molecule has 0 amide bonds. The summed E-state index contributed by atoms with van der Waals surface area (Å²) in [5.41, 5.74) is 0.571. The van der Waals surface area contributed by atoms with E-state index in [1.165, 1.54) is 12.1 Å². The number of halogens is 2. The molecule has 0 radical (unpaired) electrons. The van der Waals surface area contributed by atoms with Gasteiger partial charge in [0.05, 0.1) is 0 Å². The molecule has 0 bridgehead atoms. The van der Waals surface area contributed by atoms with Crippen molar-refractivity contribution in [3.05, 3.63) is 59.7 Å². The van der Waals surface area contributed by atoms with E-state index in [-0.39, 0.29) is 0 Å². The quantitative estimate of drug-likeness (QED) is 0.861. The minimum absolute atomic E-state index is 0.344. The molecule has 2 aromatic carbocycles. The van der Waals surface area contributed by atoms with Crippen LogP contribution < -0.4 is 0 Å².